The molecule has 3 fully saturated rings. The Morgan fingerprint density at radius 2 is 1.28 bits per heavy atom. The number of likely N-dealkylation sites (tertiary alicyclic amines) is 3. The van der Waals surface area contributed by atoms with Crippen LogP contribution in [0.15, 0.2) is 4.99 Å². The summed E-state index contributed by atoms with van der Waals surface area (Å²) >= 11 is 0. The number of amides is 5. The van der Waals surface area contributed by atoms with Gasteiger partial charge >= 0.3 is 5.97 Å². The van der Waals surface area contributed by atoms with Crippen molar-refractivity contribution in [3.63, 3.8) is 0 Å². The Bertz CT molecular complexity index is 1150. The zero-order chi connectivity index (χ0) is 33.8. The molecule has 0 radical (unpaired) electrons. The lowest BCUT2D eigenvalue weighted by Gasteiger charge is -2.33. The minimum Gasteiger partial charge on any atom is -0.480 e. The molecule has 0 aromatic carbocycles. The molecule has 5 atom stereocenters. The summed E-state index contributed by atoms with van der Waals surface area (Å²) < 4.78 is 0. The Kier molecular flexibility index (Phi) is 14.0. The number of nitrogens with one attached hydrogen (secondary N) is 2. The molecule has 3 heterocycles. The van der Waals surface area contributed by atoms with Crippen LogP contribution in [0.3, 0.4) is 0 Å². The van der Waals surface area contributed by atoms with Crippen LogP contribution in [0.1, 0.15) is 70.6 Å². The molecule has 258 valence electrons. The van der Waals surface area contributed by atoms with E-state index >= 15 is 0 Å². The number of hydrogen-bond acceptors (Lipinski definition) is 9. The van der Waals surface area contributed by atoms with E-state index in [1.165, 1.54) is 14.7 Å². The summed E-state index contributed by atoms with van der Waals surface area (Å²) in [4.78, 5) is 86.8. The molecule has 3 aliphatic heterocycles. The van der Waals surface area contributed by atoms with Crippen LogP contribution in [-0.2, 0) is 28.8 Å². The summed E-state index contributed by atoms with van der Waals surface area (Å²) in [7, 11) is 0. The van der Waals surface area contributed by atoms with E-state index in [1.807, 2.05) is 0 Å². The third-order valence-corrected chi connectivity index (χ3v) is 8.83. The Hall–Kier alpha value is -3.99. The number of hydrogen-bond donors (Lipinski definition) is 7. The number of aliphatic imine (C=N–C) groups is 1. The van der Waals surface area contributed by atoms with Crippen molar-refractivity contribution in [2.24, 2.45) is 27.9 Å². The minimum absolute atomic E-state index is 0.103. The van der Waals surface area contributed by atoms with Gasteiger partial charge in [-0.1, -0.05) is 0 Å². The molecule has 17 heteroatoms. The highest BCUT2D eigenvalue weighted by molar-refractivity contribution is 5.96. The van der Waals surface area contributed by atoms with Gasteiger partial charge in [-0.25, -0.2) is 4.79 Å². The molecule has 0 aromatic rings. The zero-order valence-electron chi connectivity index (χ0n) is 26.4. The van der Waals surface area contributed by atoms with E-state index in [4.69, 9.17) is 22.9 Å². The lowest BCUT2D eigenvalue weighted by molar-refractivity contribution is -0.149. The van der Waals surface area contributed by atoms with Gasteiger partial charge in [0.15, 0.2) is 5.96 Å². The first-order valence-corrected chi connectivity index (χ1v) is 16.2. The van der Waals surface area contributed by atoms with Crippen LogP contribution in [0, 0.1) is 0 Å². The molecule has 3 saturated heterocycles. The second-order valence-electron chi connectivity index (χ2n) is 12.0. The van der Waals surface area contributed by atoms with Crippen LogP contribution >= 0.6 is 0 Å². The monoisotopic (exact) mass is 650 g/mol. The molecule has 11 N–H and O–H groups in total. The first-order chi connectivity index (χ1) is 22.0. The molecule has 17 nitrogen and oxygen atoms in total. The number of carboxylic acid groups (broad SMARTS) is 1. The van der Waals surface area contributed by atoms with Gasteiger partial charge in [-0.3, -0.25) is 29.0 Å². The molecule has 0 bridgehead atoms. The number of guanidine groups is 1. The summed E-state index contributed by atoms with van der Waals surface area (Å²) in [6, 6.07) is -4.56. The highest BCUT2D eigenvalue weighted by Gasteiger charge is 2.44. The van der Waals surface area contributed by atoms with E-state index in [0.717, 1.165) is 0 Å². The van der Waals surface area contributed by atoms with E-state index in [2.05, 4.69) is 15.6 Å². The van der Waals surface area contributed by atoms with Gasteiger partial charge in [-0.05, 0) is 77.2 Å². The quantitative estimate of drug-likeness (QED) is 0.0507. The maximum Gasteiger partial charge on any atom is 0.326 e. The van der Waals surface area contributed by atoms with Gasteiger partial charge in [0.1, 0.15) is 30.2 Å². The smallest absolute Gasteiger partial charge is 0.326 e. The Morgan fingerprint density at radius 1 is 0.739 bits per heavy atom. The van der Waals surface area contributed by atoms with Gasteiger partial charge in [0.2, 0.25) is 29.5 Å². The molecule has 0 spiro atoms. The van der Waals surface area contributed by atoms with Gasteiger partial charge in [0.25, 0.3) is 0 Å². The number of rotatable bonds is 16. The van der Waals surface area contributed by atoms with E-state index in [1.54, 1.807) is 0 Å². The van der Waals surface area contributed by atoms with Crippen LogP contribution in [-0.4, -0.2) is 131 Å². The summed E-state index contributed by atoms with van der Waals surface area (Å²) in [6.45, 7) is 1.37. The van der Waals surface area contributed by atoms with Crippen molar-refractivity contribution in [3.05, 3.63) is 0 Å². The summed E-state index contributed by atoms with van der Waals surface area (Å²) in [6.07, 6.45) is 4.84. The van der Waals surface area contributed by atoms with Crippen molar-refractivity contribution in [2.45, 2.75) is 101 Å². The van der Waals surface area contributed by atoms with Crippen LogP contribution in [0.2, 0.25) is 0 Å². The fourth-order valence-corrected chi connectivity index (χ4v) is 6.48. The molecule has 3 rings (SSSR count). The lowest BCUT2D eigenvalue weighted by atomic mass is 10.1. The lowest BCUT2D eigenvalue weighted by Crippen LogP contribution is -2.58. The molecule has 0 aliphatic carbocycles. The number of nitrogens with zero attached hydrogens (tertiary/aromatic N) is 4. The SMILES string of the molecule is NCCCC[C@H](NC(=O)[C@@H]1CCCN1C(=O)[C@@H]1CCCN1C(=O)[C@H](CCCN=C(N)N)NC(=O)[C@@H]1CCCN1C(=O)CN)C(=O)O. The zero-order valence-corrected chi connectivity index (χ0v) is 26.4. The minimum atomic E-state index is -1.16. The second kappa shape index (κ2) is 17.6. The predicted molar refractivity (Wildman–Crippen MR) is 168 cm³/mol. The van der Waals surface area contributed by atoms with Gasteiger partial charge in [0, 0.05) is 26.2 Å². The standard InChI is InChI=1S/C29H50N10O7/c30-12-2-1-7-19(28(45)46)36-25(42)21-10-5-15-38(21)27(44)22-11-6-16-39(22)26(43)18(8-3-13-34-29(32)33)35-24(41)20-9-4-14-37(20)23(40)17-31/h18-22H,1-17,30-31H2,(H,35,41)(H,36,42)(H,45,46)(H4,32,33,34)/t18-,19-,20-,21-,22-/m0/s1. The molecular weight excluding hydrogens is 600 g/mol. The highest BCUT2D eigenvalue weighted by Crippen LogP contribution is 2.27. The number of carboxylic acids is 1. The molecule has 3 aliphatic rings. The molecular formula is C29H50N10O7. The van der Waals surface area contributed by atoms with Crippen molar-refractivity contribution in [2.75, 3.05) is 39.3 Å². The third-order valence-electron chi connectivity index (χ3n) is 8.83. The maximum absolute atomic E-state index is 14.0. The fourth-order valence-electron chi connectivity index (χ4n) is 6.48. The van der Waals surface area contributed by atoms with Crippen LogP contribution < -0.4 is 33.6 Å². The van der Waals surface area contributed by atoms with Crippen molar-refractivity contribution < 1.29 is 33.9 Å². The average molecular weight is 651 g/mol. The number of unbranched alkanes of at least 4 members (excludes halogenated alkanes) is 1. The van der Waals surface area contributed by atoms with E-state index in [-0.39, 0.29) is 50.2 Å². The molecule has 46 heavy (non-hydrogen) atoms. The third kappa shape index (κ3) is 9.51. The molecule has 0 unspecified atom stereocenters. The number of nitrogens with two attached hydrogens (primary N) is 4. The number of carbonyl (C=O) groups is 6. The first kappa shape index (κ1) is 36.5. The summed E-state index contributed by atoms with van der Waals surface area (Å²) in [5.74, 6) is -3.47. The summed E-state index contributed by atoms with van der Waals surface area (Å²) in [5.41, 5.74) is 21.9. The second-order valence-corrected chi connectivity index (χ2v) is 12.0. The van der Waals surface area contributed by atoms with Crippen LogP contribution in [0.5, 0.6) is 0 Å². The average Bonchev–Trinajstić information content (AvgIpc) is 3.81. The molecule has 5 amide bonds. The van der Waals surface area contributed by atoms with E-state index in [0.29, 0.717) is 77.4 Å². The Labute approximate surface area is 268 Å². The Morgan fingerprint density at radius 3 is 1.87 bits per heavy atom. The fraction of sp³-hybridized carbons (Fsp3) is 0.759. The van der Waals surface area contributed by atoms with Crippen molar-refractivity contribution >= 4 is 41.5 Å². The Balaban J connectivity index is 1.73. The van der Waals surface area contributed by atoms with Crippen molar-refractivity contribution in [3.8, 4) is 0 Å². The van der Waals surface area contributed by atoms with Crippen LogP contribution in [0.25, 0.3) is 0 Å². The maximum atomic E-state index is 14.0. The normalized spacial score (nSPS) is 22.3. The number of carbonyl (C=O) groups excluding carboxylic acids is 5. The number of aliphatic carboxylic acids is 1. The van der Waals surface area contributed by atoms with Crippen LogP contribution in [0.4, 0.5) is 0 Å². The van der Waals surface area contributed by atoms with Gasteiger partial charge in [0.05, 0.1) is 6.54 Å². The molecule has 0 saturated carbocycles. The highest BCUT2D eigenvalue weighted by atomic mass is 16.4. The van der Waals surface area contributed by atoms with Gasteiger partial charge < -0.3 is 53.4 Å². The van der Waals surface area contributed by atoms with E-state index < -0.39 is 53.9 Å². The van der Waals surface area contributed by atoms with E-state index in [9.17, 15) is 33.9 Å². The summed E-state index contributed by atoms with van der Waals surface area (Å²) in [5, 5.41) is 15.0. The predicted octanol–water partition coefficient (Wildman–Crippen LogP) is -2.85. The topological polar surface area (TPSA) is 273 Å². The largest absolute Gasteiger partial charge is 0.480 e. The van der Waals surface area contributed by atoms with Crippen molar-refractivity contribution in [1.82, 2.24) is 25.3 Å². The van der Waals surface area contributed by atoms with Gasteiger partial charge in [-0.2, -0.15) is 0 Å². The molecule has 0 aromatic heterocycles. The first-order valence-electron chi connectivity index (χ1n) is 16.2. The van der Waals surface area contributed by atoms with Crippen molar-refractivity contribution in [1.29, 1.82) is 0 Å². The van der Waals surface area contributed by atoms with Gasteiger partial charge in [-0.15, -0.1) is 0 Å².